The van der Waals surface area contributed by atoms with E-state index >= 15 is 0 Å². The molecule has 1 aromatic heterocycles. The maximum atomic E-state index is 12.8. The predicted molar refractivity (Wildman–Crippen MR) is 91.7 cm³/mol. The normalized spacial score (nSPS) is 15.0. The van der Waals surface area contributed by atoms with Crippen LogP contribution in [0.5, 0.6) is 0 Å². The van der Waals surface area contributed by atoms with Crippen molar-refractivity contribution in [1.82, 2.24) is 4.98 Å². The van der Waals surface area contributed by atoms with Gasteiger partial charge in [-0.1, -0.05) is 11.6 Å². The molecular weight excluding hydrogens is 371 g/mol. The molecule has 1 N–H and O–H groups in total. The number of carbonyl (C=O) groups excluding carboxylic acids is 1. The highest BCUT2D eigenvalue weighted by atomic mass is 35.5. The van der Waals surface area contributed by atoms with E-state index in [1.165, 1.54) is 6.20 Å². The second kappa shape index (κ2) is 7.51. The van der Waals surface area contributed by atoms with Gasteiger partial charge in [0.15, 0.2) is 0 Å². The van der Waals surface area contributed by atoms with E-state index in [1.54, 1.807) is 12.1 Å². The van der Waals surface area contributed by atoms with Crippen molar-refractivity contribution in [2.24, 2.45) is 0 Å². The lowest BCUT2D eigenvalue weighted by molar-refractivity contribution is -0.137. The Labute approximate surface area is 152 Å². The minimum atomic E-state index is -4.53. The summed E-state index contributed by atoms with van der Waals surface area (Å²) in [7, 11) is 0. The number of anilines is 2. The molecule has 26 heavy (non-hydrogen) atoms. The molecule has 1 aliphatic heterocycles. The van der Waals surface area contributed by atoms with Crippen LogP contribution in [0.2, 0.25) is 5.02 Å². The van der Waals surface area contributed by atoms with Crippen LogP contribution in [0.25, 0.3) is 0 Å². The quantitative estimate of drug-likeness (QED) is 0.872. The average molecular weight is 386 g/mol. The number of halogens is 4. The molecular formula is C17H15ClF3N3O2. The summed E-state index contributed by atoms with van der Waals surface area (Å²) in [4.78, 5) is 18.4. The molecule has 0 atom stereocenters. The van der Waals surface area contributed by atoms with Crippen LogP contribution in [0.3, 0.4) is 0 Å². The molecule has 1 aliphatic rings. The Bertz CT molecular complexity index is 808. The zero-order chi connectivity index (χ0) is 18.7. The fourth-order valence-electron chi connectivity index (χ4n) is 2.55. The van der Waals surface area contributed by atoms with Gasteiger partial charge in [-0.2, -0.15) is 13.2 Å². The molecule has 1 aromatic carbocycles. The van der Waals surface area contributed by atoms with E-state index in [-0.39, 0.29) is 16.4 Å². The molecule has 1 amide bonds. The number of hydrogen-bond acceptors (Lipinski definition) is 4. The van der Waals surface area contributed by atoms with Gasteiger partial charge < -0.3 is 15.0 Å². The lowest BCUT2D eigenvalue weighted by Crippen LogP contribution is -2.36. The number of aromatic nitrogens is 1. The van der Waals surface area contributed by atoms with Gasteiger partial charge in [0.2, 0.25) is 0 Å². The van der Waals surface area contributed by atoms with Crippen LogP contribution >= 0.6 is 11.6 Å². The summed E-state index contributed by atoms with van der Waals surface area (Å²) in [6, 6.07) is 6.10. The summed E-state index contributed by atoms with van der Waals surface area (Å²) in [5, 5.41) is 2.40. The van der Waals surface area contributed by atoms with Crippen molar-refractivity contribution in [3.63, 3.8) is 0 Å². The molecule has 1 saturated heterocycles. The number of pyridine rings is 1. The molecule has 2 heterocycles. The number of hydrogen-bond donors (Lipinski definition) is 1. The molecule has 0 spiro atoms. The maximum Gasteiger partial charge on any atom is 0.416 e. The van der Waals surface area contributed by atoms with Crippen LogP contribution in [-0.2, 0) is 10.9 Å². The van der Waals surface area contributed by atoms with Gasteiger partial charge in [-0.15, -0.1) is 0 Å². The second-order valence-corrected chi connectivity index (χ2v) is 6.05. The van der Waals surface area contributed by atoms with Gasteiger partial charge in [0.05, 0.1) is 29.5 Å². The Balaban J connectivity index is 1.80. The molecule has 9 heteroatoms. The molecule has 0 saturated carbocycles. The highest BCUT2D eigenvalue weighted by molar-refractivity contribution is 6.33. The third-order valence-corrected chi connectivity index (χ3v) is 4.22. The monoisotopic (exact) mass is 385 g/mol. The smallest absolute Gasteiger partial charge is 0.378 e. The Hall–Kier alpha value is -2.32. The van der Waals surface area contributed by atoms with E-state index in [1.807, 2.05) is 4.90 Å². The number of amides is 1. The van der Waals surface area contributed by atoms with Gasteiger partial charge in [0.25, 0.3) is 5.91 Å². The first-order chi connectivity index (χ1) is 12.3. The third-order valence-electron chi connectivity index (χ3n) is 3.89. The van der Waals surface area contributed by atoms with Crippen LogP contribution < -0.4 is 10.2 Å². The average Bonchev–Trinajstić information content (AvgIpc) is 2.63. The van der Waals surface area contributed by atoms with Crippen molar-refractivity contribution in [1.29, 1.82) is 0 Å². The van der Waals surface area contributed by atoms with Crippen molar-refractivity contribution in [3.8, 4) is 0 Å². The topological polar surface area (TPSA) is 54.5 Å². The number of rotatable bonds is 3. The zero-order valence-electron chi connectivity index (χ0n) is 13.5. The molecule has 138 valence electrons. The summed E-state index contributed by atoms with van der Waals surface area (Å²) in [6.45, 7) is 2.54. The van der Waals surface area contributed by atoms with Crippen LogP contribution in [0.15, 0.2) is 36.5 Å². The van der Waals surface area contributed by atoms with Crippen LogP contribution in [-0.4, -0.2) is 37.2 Å². The van der Waals surface area contributed by atoms with Gasteiger partial charge in [0.1, 0.15) is 5.69 Å². The Kier molecular flexibility index (Phi) is 5.33. The standard InChI is InChI=1S/C17H15ClF3N3O2/c18-13-2-1-11(17(19,20)21)9-14(13)23-16(25)15-10-12(3-4-22-15)24-5-7-26-8-6-24/h1-4,9-10H,5-8H2,(H,23,25). The lowest BCUT2D eigenvalue weighted by Gasteiger charge is -2.28. The SMILES string of the molecule is O=C(Nc1cc(C(F)(F)F)ccc1Cl)c1cc(N2CCOCC2)ccn1. The first-order valence-electron chi connectivity index (χ1n) is 7.81. The molecule has 3 rings (SSSR count). The fraction of sp³-hybridized carbons (Fsp3) is 0.294. The zero-order valence-corrected chi connectivity index (χ0v) is 14.3. The van der Waals surface area contributed by atoms with E-state index < -0.39 is 17.6 Å². The van der Waals surface area contributed by atoms with Crippen molar-refractivity contribution in [2.45, 2.75) is 6.18 Å². The van der Waals surface area contributed by atoms with Crippen molar-refractivity contribution in [2.75, 3.05) is 36.5 Å². The van der Waals surface area contributed by atoms with Gasteiger partial charge in [-0.05, 0) is 30.3 Å². The Morgan fingerprint density at radius 3 is 2.62 bits per heavy atom. The summed E-state index contributed by atoms with van der Waals surface area (Å²) < 4.78 is 43.8. The van der Waals surface area contributed by atoms with Gasteiger partial charge in [0, 0.05) is 25.0 Å². The summed E-state index contributed by atoms with van der Waals surface area (Å²) >= 11 is 5.91. The van der Waals surface area contributed by atoms with Gasteiger partial charge >= 0.3 is 6.18 Å². The number of carbonyl (C=O) groups is 1. The summed E-state index contributed by atoms with van der Waals surface area (Å²) in [5.74, 6) is -0.638. The van der Waals surface area contributed by atoms with E-state index in [2.05, 4.69) is 10.3 Å². The minimum absolute atomic E-state index is 0.00989. The van der Waals surface area contributed by atoms with Crippen LogP contribution in [0, 0.1) is 0 Å². The molecule has 5 nitrogen and oxygen atoms in total. The highest BCUT2D eigenvalue weighted by Crippen LogP contribution is 2.34. The highest BCUT2D eigenvalue weighted by Gasteiger charge is 2.31. The number of nitrogens with one attached hydrogen (secondary N) is 1. The molecule has 0 radical (unpaired) electrons. The number of nitrogens with zero attached hydrogens (tertiary/aromatic N) is 2. The fourth-order valence-corrected chi connectivity index (χ4v) is 2.71. The van der Waals surface area contributed by atoms with E-state index in [4.69, 9.17) is 16.3 Å². The predicted octanol–water partition coefficient (Wildman–Crippen LogP) is 3.84. The number of alkyl halides is 3. The van der Waals surface area contributed by atoms with Crippen molar-refractivity contribution < 1.29 is 22.7 Å². The number of benzene rings is 1. The number of morpholine rings is 1. The Morgan fingerprint density at radius 1 is 1.19 bits per heavy atom. The largest absolute Gasteiger partial charge is 0.416 e. The number of ether oxygens (including phenoxy) is 1. The Morgan fingerprint density at radius 2 is 1.92 bits per heavy atom. The second-order valence-electron chi connectivity index (χ2n) is 5.65. The van der Waals surface area contributed by atoms with Crippen LogP contribution in [0.1, 0.15) is 16.1 Å². The van der Waals surface area contributed by atoms with Crippen molar-refractivity contribution in [3.05, 3.63) is 52.8 Å². The molecule has 0 unspecified atom stereocenters. The molecule has 1 fully saturated rings. The van der Waals surface area contributed by atoms with Crippen molar-refractivity contribution >= 4 is 28.9 Å². The molecule has 0 bridgehead atoms. The lowest BCUT2D eigenvalue weighted by atomic mass is 10.2. The first kappa shape index (κ1) is 18.5. The summed E-state index contributed by atoms with van der Waals surface area (Å²) in [6.07, 6.45) is -3.05. The first-order valence-corrected chi connectivity index (χ1v) is 8.19. The van der Waals surface area contributed by atoms with Gasteiger partial charge in [-0.3, -0.25) is 9.78 Å². The maximum absolute atomic E-state index is 12.8. The minimum Gasteiger partial charge on any atom is -0.378 e. The molecule has 2 aromatic rings. The van der Waals surface area contributed by atoms with E-state index in [9.17, 15) is 18.0 Å². The molecule has 0 aliphatic carbocycles. The summed E-state index contributed by atoms with van der Waals surface area (Å²) in [5.41, 5.74) is -0.136. The van der Waals surface area contributed by atoms with Crippen LogP contribution in [0.4, 0.5) is 24.5 Å². The van der Waals surface area contributed by atoms with Gasteiger partial charge in [-0.25, -0.2) is 0 Å². The third kappa shape index (κ3) is 4.25. The van der Waals surface area contributed by atoms with E-state index in [0.29, 0.717) is 26.3 Å². The van der Waals surface area contributed by atoms with E-state index in [0.717, 1.165) is 23.9 Å².